The SMILES string of the molecule is C=C1Nc2ccc(C)cc2C(N2CCCC2)=C1c1c(C)noc1C. The van der Waals surface area contributed by atoms with Crippen LogP contribution in [0.25, 0.3) is 11.3 Å². The average molecular weight is 321 g/mol. The van der Waals surface area contributed by atoms with Crippen molar-refractivity contribution in [2.24, 2.45) is 0 Å². The number of hydrogen-bond donors (Lipinski definition) is 1. The molecule has 1 N–H and O–H groups in total. The van der Waals surface area contributed by atoms with Gasteiger partial charge in [-0.05, 0) is 45.7 Å². The van der Waals surface area contributed by atoms with Crippen molar-refractivity contribution < 1.29 is 4.52 Å². The summed E-state index contributed by atoms with van der Waals surface area (Å²) in [7, 11) is 0. The largest absolute Gasteiger partial charge is 0.370 e. The van der Waals surface area contributed by atoms with Crippen LogP contribution < -0.4 is 5.32 Å². The van der Waals surface area contributed by atoms with Gasteiger partial charge in [-0.25, -0.2) is 0 Å². The minimum absolute atomic E-state index is 0.846. The summed E-state index contributed by atoms with van der Waals surface area (Å²) in [5.41, 5.74) is 8.94. The number of likely N-dealkylation sites (tertiary alicyclic amines) is 1. The monoisotopic (exact) mass is 321 g/mol. The predicted molar refractivity (Wildman–Crippen MR) is 97.5 cm³/mol. The maximum absolute atomic E-state index is 5.45. The molecule has 0 aliphatic carbocycles. The van der Waals surface area contributed by atoms with E-state index in [1.165, 1.54) is 29.7 Å². The van der Waals surface area contributed by atoms with E-state index >= 15 is 0 Å². The van der Waals surface area contributed by atoms with E-state index in [4.69, 9.17) is 4.52 Å². The van der Waals surface area contributed by atoms with Crippen LogP contribution in [0.4, 0.5) is 5.69 Å². The normalized spacial score (nSPS) is 17.3. The Labute approximate surface area is 142 Å². The van der Waals surface area contributed by atoms with Crippen molar-refractivity contribution in [2.75, 3.05) is 18.4 Å². The number of aryl methyl sites for hydroxylation is 3. The molecule has 2 aliphatic rings. The van der Waals surface area contributed by atoms with Crippen molar-refractivity contribution in [1.82, 2.24) is 10.1 Å². The fourth-order valence-electron chi connectivity index (χ4n) is 3.84. The average Bonchev–Trinajstić information content (AvgIpc) is 3.18. The van der Waals surface area contributed by atoms with Gasteiger partial charge in [0.25, 0.3) is 0 Å². The molecule has 0 amide bonds. The third-order valence-corrected chi connectivity index (χ3v) is 4.96. The summed E-state index contributed by atoms with van der Waals surface area (Å²) in [5.74, 6) is 0.846. The molecule has 3 heterocycles. The van der Waals surface area contributed by atoms with Gasteiger partial charge in [-0.1, -0.05) is 23.4 Å². The molecule has 0 atom stereocenters. The summed E-state index contributed by atoms with van der Waals surface area (Å²) in [6.45, 7) is 12.6. The first-order valence-corrected chi connectivity index (χ1v) is 8.56. The number of benzene rings is 1. The van der Waals surface area contributed by atoms with E-state index in [0.29, 0.717) is 0 Å². The van der Waals surface area contributed by atoms with Gasteiger partial charge in [0.15, 0.2) is 0 Å². The molecule has 24 heavy (non-hydrogen) atoms. The lowest BCUT2D eigenvalue weighted by Gasteiger charge is -2.33. The van der Waals surface area contributed by atoms with E-state index < -0.39 is 0 Å². The van der Waals surface area contributed by atoms with Crippen LogP contribution in [0.3, 0.4) is 0 Å². The van der Waals surface area contributed by atoms with Crippen molar-refractivity contribution >= 4 is 17.0 Å². The Hall–Kier alpha value is -2.49. The second-order valence-corrected chi connectivity index (χ2v) is 6.77. The fourth-order valence-corrected chi connectivity index (χ4v) is 3.84. The first-order chi connectivity index (χ1) is 11.6. The highest BCUT2D eigenvalue weighted by Gasteiger charge is 2.31. The van der Waals surface area contributed by atoms with Crippen LogP contribution in [0.5, 0.6) is 0 Å². The second-order valence-electron chi connectivity index (χ2n) is 6.77. The third-order valence-electron chi connectivity index (χ3n) is 4.96. The summed E-state index contributed by atoms with van der Waals surface area (Å²) in [4.78, 5) is 2.49. The topological polar surface area (TPSA) is 41.3 Å². The molecule has 4 rings (SSSR count). The molecule has 2 aliphatic heterocycles. The Morgan fingerprint density at radius 2 is 1.92 bits per heavy atom. The number of rotatable bonds is 2. The number of nitrogens with zero attached hydrogens (tertiary/aromatic N) is 2. The minimum Gasteiger partial charge on any atom is -0.370 e. The zero-order valence-corrected chi connectivity index (χ0v) is 14.6. The molecule has 0 bridgehead atoms. The number of anilines is 1. The lowest BCUT2D eigenvalue weighted by atomic mass is 9.90. The van der Waals surface area contributed by atoms with Gasteiger partial charge in [-0.3, -0.25) is 0 Å². The van der Waals surface area contributed by atoms with Gasteiger partial charge in [-0.2, -0.15) is 0 Å². The van der Waals surface area contributed by atoms with Crippen LogP contribution in [0, 0.1) is 20.8 Å². The molecule has 4 nitrogen and oxygen atoms in total. The maximum Gasteiger partial charge on any atom is 0.141 e. The standard InChI is InChI=1S/C20H23N3O/c1-12-7-8-17-16(11-12)20(23-9-5-6-10-23)19(13(2)21-17)18-14(3)22-24-15(18)4/h7-8,11,21H,2,5-6,9-10H2,1,3-4H3. The lowest BCUT2D eigenvalue weighted by molar-refractivity contribution is 0.393. The first-order valence-electron chi connectivity index (χ1n) is 8.56. The molecular formula is C20H23N3O. The van der Waals surface area contributed by atoms with Gasteiger partial charge < -0.3 is 14.7 Å². The lowest BCUT2D eigenvalue weighted by Crippen LogP contribution is -2.24. The van der Waals surface area contributed by atoms with Gasteiger partial charge in [0, 0.05) is 35.6 Å². The van der Waals surface area contributed by atoms with Crippen LogP contribution >= 0.6 is 0 Å². The molecule has 0 unspecified atom stereocenters. The van der Waals surface area contributed by atoms with E-state index in [9.17, 15) is 0 Å². The number of aromatic nitrogens is 1. The molecule has 0 spiro atoms. The minimum atomic E-state index is 0.846. The molecular weight excluding hydrogens is 298 g/mol. The highest BCUT2D eigenvalue weighted by molar-refractivity contribution is 6.05. The summed E-state index contributed by atoms with van der Waals surface area (Å²) >= 11 is 0. The summed E-state index contributed by atoms with van der Waals surface area (Å²) < 4.78 is 5.45. The van der Waals surface area contributed by atoms with Crippen molar-refractivity contribution in [2.45, 2.75) is 33.6 Å². The fraction of sp³-hybridized carbons (Fsp3) is 0.350. The molecule has 4 heteroatoms. The maximum atomic E-state index is 5.45. The third kappa shape index (κ3) is 2.25. The molecule has 0 radical (unpaired) electrons. The van der Waals surface area contributed by atoms with Gasteiger partial charge >= 0.3 is 0 Å². The van der Waals surface area contributed by atoms with Crippen molar-refractivity contribution in [3.63, 3.8) is 0 Å². The van der Waals surface area contributed by atoms with Crippen LogP contribution in [-0.2, 0) is 0 Å². The highest BCUT2D eigenvalue weighted by atomic mass is 16.5. The van der Waals surface area contributed by atoms with Gasteiger partial charge in [-0.15, -0.1) is 0 Å². The predicted octanol–water partition coefficient (Wildman–Crippen LogP) is 4.50. The second kappa shape index (κ2) is 5.55. The van der Waals surface area contributed by atoms with Gasteiger partial charge in [0.1, 0.15) is 5.76 Å². The smallest absolute Gasteiger partial charge is 0.141 e. The summed E-state index contributed by atoms with van der Waals surface area (Å²) in [6, 6.07) is 6.55. The van der Waals surface area contributed by atoms with Crippen LogP contribution in [0.2, 0.25) is 0 Å². The first kappa shape index (κ1) is 15.1. The Kier molecular flexibility index (Phi) is 3.48. The van der Waals surface area contributed by atoms with Crippen LogP contribution in [0.1, 0.15) is 41.0 Å². The van der Waals surface area contributed by atoms with Crippen molar-refractivity contribution in [3.8, 4) is 0 Å². The number of allylic oxidation sites excluding steroid dienone is 1. The highest BCUT2D eigenvalue weighted by Crippen LogP contribution is 2.44. The molecule has 1 aromatic carbocycles. The number of hydrogen-bond acceptors (Lipinski definition) is 4. The molecule has 124 valence electrons. The molecule has 0 saturated carbocycles. The van der Waals surface area contributed by atoms with E-state index in [-0.39, 0.29) is 0 Å². The van der Waals surface area contributed by atoms with Crippen molar-refractivity contribution in [3.05, 3.63) is 58.6 Å². The quantitative estimate of drug-likeness (QED) is 0.884. The van der Waals surface area contributed by atoms with Gasteiger partial charge in [0.2, 0.25) is 0 Å². The van der Waals surface area contributed by atoms with Crippen LogP contribution in [0.15, 0.2) is 35.0 Å². The van der Waals surface area contributed by atoms with Gasteiger partial charge in [0.05, 0.1) is 17.0 Å². The molecule has 1 fully saturated rings. The summed E-state index contributed by atoms with van der Waals surface area (Å²) in [6.07, 6.45) is 2.47. The molecule has 1 aromatic heterocycles. The molecule has 1 saturated heterocycles. The molecule has 2 aromatic rings. The summed E-state index contributed by atoms with van der Waals surface area (Å²) in [5, 5.41) is 7.65. The number of nitrogens with one attached hydrogen (secondary N) is 1. The Bertz CT molecular complexity index is 834. The zero-order valence-electron chi connectivity index (χ0n) is 14.6. The van der Waals surface area contributed by atoms with Crippen molar-refractivity contribution in [1.29, 1.82) is 0 Å². The Morgan fingerprint density at radius 1 is 1.17 bits per heavy atom. The van der Waals surface area contributed by atoms with E-state index in [0.717, 1.165) is 47.1 Å². The van der Waals surface area contributed by atoms with E-state index in [1.54, 1.807) is 0 Å². The zero-order chi connectivity index (χ0) is 16.8. The van der Waals surface area contributed by atoms with Crippen LogP contribution in [-0.4, -0.2) is 23.1 Å². The Morgan fingerprint density at radius 3 is 2.58 bits per heavy atom. The van der Waals surface area contributed by atoms with E-state index in [2.05, 4.69) is 47.1 Å². The van der Waals surface area contributed by atoms with E-state index in [1.807, 2.05) is 13.8 Å². The Balaban J connectivity index is 2.03. The number of fused-ring (bicyclic) bond motifs is 1.